The number of nitrogens with zero attached hydrogens (tertiary/aromatic N) is 2. The number of aromatic nitrogens is 1. The van der Waals surface area contributed by atoms with Crippen LogP contribution in [-0.2, 0) is 6.42 Å². The smallest absolute Gasteiger partial charge is 0.0923 e. The number of benzene rings is 1. The van der Waals surface area contributed by atoms with Gasteiger partial charge in [0.05, 0.1) is 5.84 Å². The van der Waals surface area contributed by atoms with Crippen molar-refractivity contribution in [2.75, 3.05) is 18.0 Å². The Morgan fingerprint density at radius 2 is 1.80 bits per heavy atom. The molecule has 4 nitrogen and oxygen atoms in total. The van der Waals surface area contributed by atoms with Crippen LogP contribution in [0.3, 0.4) is 0 Å². The number of hydrogen-bond acceptors (Lipinski definition) is 3. The Kier molecular flexibility index (Phi) is 5.12. The second-order valence-corrected chi connectivity index (χ2v) is 4.67. The van der Waals surface area contributed by atoms with Crippen LogP contribution in [0.5, 0.6) is 0 Å². The molecule has 0 bridgehead atoms. The van der Waals surface area contributed by atoms with Crippen molar-refractivity contribution in [1.29, 1.82) is 5.41 Å². The number of hydrogen-bond donors (Lipinski definition) is 2. The van der Waals surface area contributed by atoms with Gasteiger partial charge >= 0.3 is 0 Å². The SMILES string of the molecule is N=C(N)CCN(CCc1ccccn1)c1ccccc1. The minimum absolute atomic E-state index is 0.226. The number of anilines is 1. The van der Waals surface area contributed by atoms with Crippen LogP contribution in [0.15, 0.2) is 54.7 Å². The largest absolute Gasteiger partial charge is 0.388 e. The number of nitrogens with two attached hydrogens (primary N) is 1. The van der Waals surface area contributed by atoms with E-state index in [4.69, 9.17) is 11.1 Å². The van der Waals surface area contributed by atoms with E-state index in [2.05, 4.69) is 22.0 Å². The molecule has 0 spiro atoms. The predicted octanol–water partition coefficient (Wildman–Crippen LogP) is 2.46. The molecule has 0 saturated heterocycles. The maximum atomic E-state index is 7.39. The lowest BCUT2D eigenvalue weighted by molar-refractivity contribution is 0.774. The van der Waals surface area contributed by atoms with Gasteiger partial charge in [0.15, 0.2) is 0 Å². The molecule has 104 valence electrons. The third-order valence-corrected chi connectivity index (χ3v) is 3.14. The van der Waals surface area contributed by atoms with Crippen LogP contribution in [0.1, 0.15) is 12.1 Å². The van der Waals surface area contributed by atoms with E-state index < -0.39 is 0 Å². The summed E-state index contributed by atoms with van der Waals surface area (Å²) in [6.45, 7) is 1.63. The van der Waals surface area contributed by atoms with Crippen LogP contribution in [0.4, 0.5) is 5.69 Å². The van der Waals surface area contributed by atoms with Gasteiger partial charge in [-0.1, -0.05) is 24.3 Å². The Labute approximate surface area is 119 Å². The molecule has 4 heteroatoms. The highest BCUT2D eigenvalue weighted by atomic mass is 15.1. The van der Waals surface area contributed by atoms with Crippen LogP contribution in [-0.4, -0.2) is 23.9 Å². The van der Waals surface area contributed by atoms with E-state index in [9.17, 15) is 0 Å². The van der Waals surface area contributed by atoms with Crippen molar-refractivity contribution >= 4 is 11.5 Å². The van der Waals surface area contributed by atoms with Gasteiger partial charge in [0.25, 0.3) is 0 Å². The Hall–Kier alpha value is -2.36. The molecule has 0 radical (unpaired) electrons. The lowest BCUT2D eigenvalue weighted by Crippen LogP contribution is -2.30. The molecule has 1 aromatic carbocycles. The fourth-order valence-electron chi connectivity index (χ4n) is 2.06. The maximum Gasteiger partial charge on any atom is 0.0923 e. The molecule has 0 saturated carbocycles. The molecule has 0 unspecified atom stereocenters. The summed E-state index contributed by atoms with van der Waals surface area (Å²) in [6, 6.07) is 16.2. The van der Waals surface area contributed by atoms with Crippen LogP contribution in [0.25, 0.3) is 0 Å². The van der Waals surface area contributed by atoms with Gasteiger partial charge in [0, 0.05) is 43.5 Å². The molecule has 1 aromatic heterocycles. The zero-order valence-corrected chi connectivity index (χ0v) is 11.5. The summed E-state index contributed by atoms with van der Waals surface area (Å²) in [7, 11) is 0. The summed E-state index contributed by atoms with van der Waals surface area (Å²) in [5.74, 6) is 0.226. The lowest BCUT2D eigenvalue weighted by atomic mass is 10.2. The van der Waals surface area contributed by atoms with Gasteiger partial charge in [-0.2, -0.15) is 0 Å². The first-order valence-electron chi connectivity index (χ1n) is 6.78. The van der Waals surface area contributed by atoms with E-state index >= 15 is 0 Å². The topological polar surface area (TPSA) is 66.0 Å². The van der Waals surface area contributed by atoms with Gasteiger partial charge in [-0.05, 0) is 24.3 Å². The first kappa shape index (κ1) is 14.1. The number of pyridine rings is 1. The van der Waals surface area contributed by atoms with Gasteiger partial charge in [-0.15, -0.1) is 0 Å². The molecule has 0 aliphatic carbocycles. The van der Waals surface area contributed by atoms with Crippen LogP contribution < -0.4 is 10.6 Å². The maximum absolute atomic E-state index is 7.39. The quantitative estimate of drug-likeness (QED) is 0.599. The minimum atomic E-state index is 0.226. The average molecular weight is 268 g/mol. The van der Waals surface area contributed by atoms with Gasteiger partial charge in [0.2, 0.25) is 0 Å². The van der Waals surface area contributed by atoms with E-state index in [1.54, 1.807) is 0 Å². The molecule has 2 rings (SSSR count). The molecule has 0 aliphatic heterocycles. The third-order valence-electron chi connectivity index (χ3n) is 3.14. The van der Waals surface area contributed by atoms with Gasteiger partial charge in [0.1, 0.15) is 0 Å². The first-order valence-corrected chi connectivity index (χ1v) is 6.78. The summed E-state index contributed by atoms with van der Waals surface area (Å²) < 4.78 is 0. The molecule has 0 fully saturated rings. The highest BCUT2D eigenvalue weighted by Gasteiger charge is 2.07. The van der Waals surface area contributed by atoms with Crippen molar-refractivity contribution in [1.82, 2.24) is 4.98 Å². The average Bonchev–Trinajstić information content (AvgIpc) is 2.49. The van der Waals surface area contributed by atoms with Crippen LogP contribution in [0.2, 0.25) is 0 Å². The highest BCUT2D eigenvalue weighted by molar-refractivity contribution is 5.77. The second kappa shape index (κ2) is 7.28. The van der Waals surface area contributed by atoms with Gasteiger partial charge < -0.3 is 10.6 Å². The molecule has 0 atom stereocenters. The van der Waals surface area contributed by atoms with Gasteiger partial charge in [-0.3, -0.25) is 10.4 Å². The standard InChI is InChI=1S/C16H20N4/c17-16(18)10-13-20(15-7-2-1-3-8-15)12-9-14-6-4-5-11-19-14/h1-8,11H,9-10,12-13H2,(H3,17,18). The molecule has 1 heterocycles. The fraction of sp³-hybridized carbons (Fsp3) is 0.250. The predicted molar refractivity (Wildman–Crippen MR) is 83.1 cm³/mol. The van der Waals surface area contributed by atoms with Crippen molar-refractivity contribution in [2.45, 2.75) is 12.8 Å². The van der Waals surface area contributed by atoms with Gasteiger partial charge in [-0.25, -0.2) is 0 Å². The summed E-state index contributed by atoms with van der Waals surface area (Å²) in [5.41, 5.74) is 7.71. The van der Waals surface area contributed by atoms with E-state index in [-0.39, 0.29) is 5.84 Å². The zero-order chi connectivity index (χ0) is 14.2. The lowest BCUT2D eigenvalue weighted by Gasteiger charge is -2.24. The number of nitrogens with one attached hydrogen (secondary N) is 1. The molecule has 2 aromatic rings. The van der Waals surface area contributed by atoms with Crippen LogP contribution >= 0.6 is 0 Å². The minimum Gasteiger partial charge on any atom is -0.388 e. The fourth-order valence-corrected chi connectivity index (χ4v) is 2.06. The number of rotatable bonds is 7. The molecule has 3 N–H and O–H groups in total. The van der Waals surface area contributed by atoms with Crippen molar-refractivity contribution < 1.29 is 0 Å². The monoisotopic (exact) mass is 268 g/mol. The van der Waals surface area contributed by atoms with E-state index in [0.29, 0.717) is 6.42 Å². The summed E-state index contributed by atoms with van der Waals surface area (Å²) in [6.07, 6.45) is 3.28. The van der Waals surface area contributed by atoms with Crippen molar-refractivity contribution in [3.05, 3.63) is 60.4 Å². The van der Waals surface area contributed by atoms with E-state index in [0.717, 1.165) is 30.9 Å². The molecule has 0 aliphatic rings. The zero-order valence-electron chi connectivity index (χ0n) is 11.5. The Morgan fingerprint density at radius 1 is 1.05 bits per heavy atom. The molecule has 0 amide bonds. The Balaban J connectivity index is 2.01. The van der Waals surface area contributed by atoms with Crippen molar-refractivity contribution in [3.8, 4) is 0 Å². The van der Waals surface area contributed by atoms with E-state index in [1.165, 1.54) is 0 Å². The molecular formula is C16H20N4. The van der Waals surface area contributed by atoms with Crippen LogP contribution in [0, 0.1) is 5.41 Å². The number of amidine groups is 1. The summed E-state index contributed by atoms with van der Waals surface area (Å²) in [4.78, 5) is 6.59. The normalized spacial score (nSPS) is 10.2. The van der Waals surface area contributed by atoms with E-state index in [1.807, 2.05) is 42.6 Å². The molecular weight excluding hydrogens is 248 g/mol. The van der Waals surface area contributed by atoms with Crippen molar-refractivity contribution in [2.24, 2.45) is 5.73 Å². The highest BCUT2D eigenvalue weighted by Crippen LogP contribution is 2.14. The third kappa shape index (κ3) is 4.39. The summed E-state index contributed by atoms with van der Waals surface area (Å²) >= 11 is 0. The molecule has 20 heavy (non-hydrogen) atoms. The first-order chi connectivity index (χ1) is 9.75. The van der Waals surface area contributed by atoms with Crippen molar-refractivity contribution in [3.63, 3.8) is 0 Å². The Morgan fingerprint density at radius 3 is 2.45 bits per heavy atom. The number of para-hydroxylation sites is 1. The Bertz CT molecular complexity index is 525. The second-order valence-electron chi connectivity index (χ2n) is 4.67. The summed E-state index contributed by atoms with van der Waals surface area (Å²) in [5, 5.41) is 7.39.